The van der Waals surface area contributed by atoms with Crippen LogP contribution in [0.15, 0.2) is 78.9 Å². The van der Waals surface area contributed by atoms with Gasteiger partial charge in [0.25, 0.3) is 0 Å². The Balaban J connectivity index is 1.71. The van der Waals surface area contributed by atoms with Gasteiger partial charge in [0.2, 0.25) is 5.91 Å². The molecule has 5 nitrogen and oxygen atoms in total. The Hall–Kier alpha value is -3.31. The van der Waals surface area contributed by atoms with Crippen molar-refractivity contribution in [1.82, 2.24) is 5.32 Å². The smallest absolute Gasteiger partial charge is 0.238 e. The predicted octanol–water partition coefficient (Wildman–Crippen LogP) is 4.02. The van der Waals surface area contributed by atoms with Crippen molar-refractivity contribution in [2.24, 2.45) is 0 Å². The van der Waals surface area contributed by atoms with Crippen molar-refractivity contribution in [3.05, 3.63) is 90.0 Å². The highest BCUT2D eigenvalue weighted by molar-refractivity contribution is 5.93. The number of rotatable bonds is 8. The van der Waals surface area contributed by atoms with E-state index >= 15 is 0 Å². The van der Waals surface area contributed by atoms with Gasteiger partial charge in [-0.3, -0.25) is 10.1 Å². The van der Waals surface area contributed by atoms with Crippen LogP contribution in [0.2, 0.25) is 0 Å². The second-order valence-electron chi connectivity index (χ2n) is 6.25. The average molecular weight is 376 g/mol. The number of carbonyl (C=O) groups excluding carboxylic acids is 1. The first-order chi connectivity index (χ1) is 13.7. The molecule has 0 saturated heterocycles. The molecule has 3 rings (SSSR count). The Morgan fingerprint density at radius 3 is 2.00 bits per heavy atom. The fraction of sp³-hybridized carbons (Fsp3) is 0.174. The second kappa shape index (κ2) is 9.58. The first-order valence-corrected chi connectivity index (χ1v) is 9.06. The summed E-state index contributed by atoms with van der Waals surface area (Å²) < 4.78 is 10.5. The summed E-state index contributed by atoms with van der Waals surface area (Å²) >= 11 is 0. The normalized spacial score (nSPS) is 10.5. The lowest BCUT2D eigenvalue weighted by Gasteiger charge is -2.20. The first-order valence-electron chi connectivity index (χ1n) is 9.06. The number of hydrogen-bond donors (Lipinski definition) is 2. The molecule has 2 N–H and O–H groups in total. The van der Waals surface area contributed by atoms with Crippen molar-refractivity contribution < 1.29 is 14.3 Å². The summed E-state index contributed by atoms with van der Waals surface area (Å²) in [5, 5.41) is 6.24. The zero-order valence-corrected chi connectivity index (χ0v) is 16.0. The third-order valence-corrected chi connectivity index (χ3v) is 4.42. The molecule has 0 saturated carbocycles. The minimum absolute atomic E-state index is 0.0779. The van der Waals surface area contributed by atoms with Crippen molar-refractivity contribution in [2.45, 2.75) is 6.04 Å². The summed E-state index contributed by atoms with van der Waals surface area (Å²) in [6.07, 6.45) is 0. The molecule has 0 aliphatic heterocycles. The highest BCUT2D eigenvalue weighted by atomic mass is 16.5. The molecule has 0 atom stereocenters. The van der Waals surface area contributed by atoms with Crippen LogP contribution >= 0.6 is 0 Å². The van der Waals surface area contributed by atoms with E-state index in [-0.39, 0.29) is 18.5 Å². The van der Waals surface area contributed by atoms with Crippen molar-refractivity contribution in [1.29, 1.82) is 0 Å². The summed E-state index contributed by atoms with van der Waals surface area (Å²) in [6, 6.07) is 25.3. The van der Waals surface area contributed by atoms with Crippen LogP contribution in [0.1, 0.15) is 17.2 Å². The van der Waals surface area contributed by atoms with Crippen LogP contribution in [0.3, 0.4) is 0 Å². The van der Waals surface area contributed by atoms with E-state index in [9.17, 15) is 4.79 Å². The molecule has 5 heteroatoms. The van der Waals surface area contributed by atoms with Gasteiger partial charge in [0.1, 0.15) is 11.5 Å². The number of anilines is 1. The van der Waals surface area contributed by atoms with E-state index in [1.807, 2.05) is 36.4 Å². The van der Waals surface area contributed by atoms with Crippen molar-refractivity contribution in [3.63, 3.8) is 0 Å². The SMILES string of the molecule is COc1ccc(NC(=O)CNC(c2ccccc2)c2ccccc2)c(OC)c1. The maximum Gasteiger partial charge on any atom is 0.238 e. The molecule has 0 radical (unpaired) electrons. The summed E-state index contributed by atoms with van der Waals surface area (Å²) in [5.74, 6) is 1.07. The maximum atomic E-state index is 12.5. The van der Waals surface area contributed by atoms with Crippen molar-refractivity contribution in [2.75, 3.05) is 26.1 Å². The van der Waals surface area contributed by atoms with Crippen LogP contribution in [0, 0.1) is 0 Å². The Bertz CT molecular complexity index is 859. The molecule has 3 aromatic rings. The van der Waals surface area contributed by atoms with Gasteiger partial charge >= 0.3 is 0 Å². The molecule has 0 fully saturated rings. The van der Waals surface area contributed by atoms with E-state index < -0.39 is 0 Å². The number of hydrogen-bond acceptors (Lipinski definition) is 4. The monoisotopic (exact) mass is 376 g/mol. The van der Waals surface area contributed by atoms with Crippen LogP contribution in [-0.2, 0) is 4.79 Å². The molecule has 0 unspecified atom stereocenters. The summed E-state index contributed by atoms with van der Waals surface area (Å²) in [7, 11) is 3.15. The largest absolute Gasteiger partial charge is 0.497 e. The van der Waals surface area contributed by atoms with E-state index in [0.29, 0.717) is 17.2 Å². The fourth-order valence-electron chi connectivity index (χ4n) is 3.01. The first kappa shape index (κ1) is 19.5. The van der Waals surface area contributed by atoms with Gasteiger partial charge in [0.05, 0.1) is 32.5 Å². The lowest BCUT2D eigenvalue weighted by atomic mass is 9.99. The Morgan fingerprint density at radius 2 is 1.46 bits per heavy atom. The molecule has 0 spiro atoms. The number of methoxy groups -OCH3 is 2. The topological polar surface area (TPSA) is 59.6 Å². The minimum atomic E-state index is -0.152. The van der Waals surface area contributed by atoms with Gasteiger partial charge in [-0.25, -0.2) is 0 Å². The predicted molar refractivity (Wildman–Crippen MR) is 111 cm³/mol. The van der Waals surface area contributed by atoms with Crippen LogP contribution < -0.4 is 20.1 Å². The number of amides is 1. The van der Waals surface area contributed by atoms with E-state index in [4.69, 9.17) is 9.47 Å². The molecule has 0 aliphatic carbocycles. The number of nitrogens with one attached hydrogen (secondary N) is 2. The van der Waals surface area contributed by atoms with Crippen molar-refractivity contribution in [3.8, 4) is 11.5 Å². The molecule has 0 aromatic heterocycles. The third-order valence-electron chi connectivity index (χ3n) is 4.42. The van der Waals surface area contributed by atoms with E-state index in [1.165, 1.54) is 0 Å². The van der Waals surface area contributed by atoms with Gasteiger partial charge in [0.15, 0.2) is 0 Å². The number of carbonyl (C=O) groups is 1. The van der Waals surface area contributed by atoms with E-state index in [0.717, 1.165) is 11.1 Å². The molecule has 0 aliphatic rings. The molecule has 28 heavy (non-hydrogen) atoms. The Kier molecular flexibility index (Phi) is 6.65. The molecule has 3 aromatic carbocycles. The molecule has 0 heterocycles. The van der Waals surface area contributed by atoms with Crippen LogP contribution in [-0.4, -0.2) is 26.7 Å². The molecule has 144 valence electrons. The summed E-state index contributed by atoms with van der Waals surface area (Å²) in [6.45, 7) is 0.156. The zero-order valence-electron chi connectivity index (χ0n) is 16.0. The highest BCUT2D eigenvalue weighted by Crippen LogP contribution is 2.29. The van der Waals surface area contributed by atoms with Gasteiger partial charge in [-0.2, -0.15) is 0 Å². The van der Waals surface area contributed by atoms with E-state index in [2.05, 4.69) is 34.9 Å². The van der Waals surface area contributed by atoms with Crippen LogP contribution in [0.25, 0.3) is 0 Å². The lowest BCUT2D eigenvalue weighted by molar-refractivity contribution is -0.115. The zero-order chi connectivity index (χ0) is 19.8. The minimum Gasteiger partial charge on any atom is -0.497 e. The lowest BCUT2D eigenvalue weighted by Crippen LogP contribution is -2.32. The second-order valence-corrected chi connectivity index (χ2v) is 6.25. The van der Waals surface area contributed by atoms with Gasteiger partial charge < -0.3 is 14.8 Å². The van der Waals surface area contributed by atoms with Gasteiger partial charge in [-0.15, -0.1) is 0 Å². The highest BCUT2D eigenvalue weighted by Gasteiger charge is 2.15. The van der Waals surface area contributed by atoms with Crippen LogP contribution in [0.5, 0.6) is 11.5 Å². The molecule has 1 amide bonds. The number of ether oxygens (including phenoxy) is 2. The molecule has 0 bridgehead atoms. The molecular weight excluding hydrogens is 352 g/mol. The third kappa shape index (κ3) is 4.90. The Labute approximate surface area is 165 Å². The number of benzene rings is 3. The van der Waals surface area contributed by atoms with E-state index in [1.54, 1.807) is 32.4 Å². The summed E-state index contributed by atoms with van der Waals surface area (Å²) in [4.78, 5) is 12.5. The van der Waals surface area contributed by atoms with Crippen molar-refractivity contribution >= 4 is 11.6 Å². The average Bonchev–Trinajstić information content (AvgIpc) is 2.75. The van der Waals surface area contributed by atoms with Crippen LogP contribution in [0.4, 0.5) is 5.69 Å². The van der Waals surface area contributed by atoms with Gasteiger partial charge in [-0.05, 0) is 23.3 Å². The maximum absolute atomic E-state index is 12.5. The fourth-order valence-corrected chi connectivity index (χ4v) is 3.01. The molecular formula is C23H24N2O3. The Morgan fingerprint density at radius 1 is 0.857 bits per heavy atom. The van der Waals surface area contributed by atoms with Gasteiger partial charge in [0, 0.05) is 6.07 Å². The quantitative estimate of drug-likeness (QED) is 0.623. The summed E-state index contributed by atoms with van der Waals surface area (Å²) in [5.41, 5.74) is 2.80. The van der Waals surface area contributed by atoms with Gasteiger partial charge in [-0.1, -0.05) is 60.7 Å². The standard InChI is InChI=1S/C23H24N2O3/c1-27-19-13-14-20(21(15-19)28-2)25-22(26)16-24-23(17-9-5-3-6-10-17)18-11-7-4-8-12-18/h3-15,23-24H,16H2,1-2H3,(H,25,26).